The molecule has 0 spiro atoms. The Kier molecular flexibility index (Phi) is 13.9. The molecule has 0 saturated heterocycles. The molecule has 0 rings (SSSR count). The lowest BCUT2D eigenvalue weighted by Crippen LogP contribution is -2.20. The molecule has 0 aliphatic heterocycles. The van der Waals surface area contributed by atoms with Crippen molar-refractivity contribution in [1.29, 1.82) is 0 Å². The summed E-state index contributed by atoms with van der Waals surface area (Å²) >= 11 is 0. The zero-order valence-corrected chi connectivity index (χ0v) is 12.3. The quantitative estimate of drug-likeness (QED) is 0.491. The first-order valence-corrected chi connectivity index (χ1v) is 7.56. The molecule has 104 valence electrons. The number of hydrogen-bond donors (Lipinski definition) is 1. The van der Waals surface area contributed by atoms with Crippen LogP contribution in [0.15, 0.2) is 0 Å². The molecule has 0 heterocycles. The van der Waals surface area contributed by atoms with Gasteiger partial charge in [0.1, 0.15) is 0 Å². The van der Waals surface area contributed by atoms with Crippen molar-refractivity contribution in [3.8, 4) is 0 Å². The van der Waals surface area contributed by atoms with E-state index in [9.17, 15) is 0 Å². The summed E-state index contributed by atoms with van der Waals surface area (Å²) < 4.78 is 5.64. The molecule has 0 amide bonds. The largest absolute Gasteiger partial charge is 0.381 e. The lowest BCUT2D eigenvalue weighted by molar-refractivity contribution is 0.125. The Balaban J connectivity index is 2.94. The van der Waals surface area contributed by atoms with Gasteiger partial charge in [-0.15, -0.1) is 0 Å². The summed E-state index contributed by atoms with van der Waals surface area (Å²) in [6.45, 7) is 6.41. The summed E-state index contributed by atoms with van der Waals surface area (Å²) in [4.78, 5) is 0. The zero-order chi connectivity index (χ0) is 12.8. The molecule has 17 heavy (non-hydrogen) atoms. The summed E-state index contributed by atoms with van der Waals surface area (Å²) in [6, 6.07) is 0.647. The molecule has 0 bridgehead atoms. The van der Waals surface area contributed by atoms with Crippen LogP contribution in [-0.4, -0.2) is 26.3 Å². The van der Waals surface area contributed by atoms with Crippen LogP contribution in [0, 0.1) is 0 Å². The predicted molar refractivity (Wildman–Crippen MR) is 76.6 cm³/mol. The molecule has 0 saturated carbocycles. The topological polar surface area (TPSA) is 21.3 Å². The maximum Gasteiger partial charge on any atom is 0.0466 e. The van der Waals surface area contributed by atoms with Gasteiger partial charge in [-0.1, -0.05) is 39.0 Å². The fourth-order valence-electron chi connectivity index (χ4n) is 1.89. The molecule has 1 unspecified atom stereocenters. The minimum absolute atomic E-state index is 0.647. The van der Waals surface area contributed by atoms with E-state index in [0.29, 0.717) is 6.04 Å². The van der Waals surface area contributed by atoms with E-state index >= 15 is 0 Å². The Labute approximate surface area is 109 Å². The molecule has 0 aromatic rings. The smallest absolute Gasteiger partial charge is 0.0466 e. The summed E-state index contributed by atoms with van der Waals surface area (Å²) in [7, 11) is 2.03. The molecular weight excluding hydrogens is 210 g/mol. The van der Waals surface area contributed by atoms with Gasteiger partial charge in [0.25, 0.3) is 0 Å². The van der Waals surface area contributed by atoms with Gasteiger partial charge in [-0.3, -0.25) is 0 Å². The Hall–Kier alpha value is -0.0800. The normalized spacial score (nSPS) is 12.9. The van der Waals surface area contributed by atoms with Gasteiger partial charge in [-0.25, -0.2) is 0 Å². The second kappa shape index (κ2) is 14.0. The van der Waals surface area contributed by atoms with Crippen LogP contribution in [0.2, 0.25) is 0 Å². The standard InChI is InChI=1S/C15H33NO/c1-4-5-6-7-8-10-13-17-14-11-9-12-15(2)16-3/h15-16H,4-14H2,1-3H3. The molecule has 1 N–H and O–H groups in total. The number of nitrogens with one attached hydrogen (secondary N) is 1. The van der Waals surface area contributed by atoms with Crippen LogP contribution in [0.3, 0.4) is 0 Å². The van der Waals surface area contributed by atoms with E-state index < -0.39 is 0 Å². The zero-order valence-electron chi connectivity index (χ0n) is 12.3. The Morgan fingerprint density at radius 1 is 0.882 bits per heavy atom. The molecular formula is C15H33NO. The third-order valence-electron chi connectivity index (χ3n) is 3.31. The van der Waals surface area contributed by atoms with Gasteiger partial charge < -0.3 is 10.1 Å². The van der Waals surface area contributed by atoms with Gasteiger partial charge >= 0.3 is 0 Å². The Bertz CT molecular complexity index is 139. The van der Waals surface area contributed by atoms with Crippen LogP contribution in [0.25, 0.3) is 0 Å². The van der Waals surface area contributed by atoms with E-state index in [1.165, 1.54) is 57.8 Å². The molecule has 1 atom stereocenters. The van der Waals surface area contributed by atoms with Crippen molar-refractivity contribution < 1.29 is 4.74 Å². The minimum Gasteiger partial charge on any atom is -0.381 e. The molecule has 2 nitrogen and oxygen atoms in total. The van der Waals surface area contributed by atoms with E-state index in [4.69, 9.17) is 4.74 Å². The maximum absolute atomic E-state index is 5.64. The Morgan fingerprint density at radius 3 is 2.12 bits per heavy atom. The molecule has 0 radical (unpaired) electrons. The molecule has 0 fully saturated rings. The van der Waals surface area contributed by atoms with Crippen LogP contribution in [0.1, 0.15) is 71.6 Å². The van der Waals surface area contributed by atoms with Crippen molar-refractivity contribution in [2.45, 2.75) is 77.7 Å². The predicted octanol–water partition coefficient (Wildman–Crippen LogP) is 4.14. The highest BCUT2D eigenvalue weighted by Gasteiger charge is 1.97. The molecule has 0 aliphatic rings. The number of rotatable bonds is 13. The second-order valence-electron chi connectivity index (χ2n) is 5.07. The van der Waals surface area contributed by atoms with Crippen LogP contribution >= 0.6 is 0 Å². The van der Waals surface area contributed by atoms with Gasteiger partial charge in [-0.2, -0.15) is 0 Å². The first-order valence-electron chi connectivity index (χ1n) is 7.56. The SMILES string of the molecule is CCCCCCCCOCCCCC(C)NC. The molecule has 0 aromatic carbocycles. The van der Waals surface area contributed by atoms with Crippen molar-refractivity contribution in [3.05, 3.63) is 0 Å². The summed E-state index contributed by atoms with van der Waals surface area (Å²) in [5, 5.41) is 3.26. The molecule has 2 heteroatoms. The lowest BCUT2D eigenvalue weighted by Gasteiger charge is -2.09. The third-order valence-corrected chi connectivity index (χ3v) is 3.31. The summed E-state index contributed by atoms with van der Waals surface area (Å²) in [6.07, 6.45) is 11.9. The van der Waals surface area contributed by atoms with Crippen molar-refractivity contribution in [2.75, 3.05) is 20.3 Å². The average Bonchev–Trinajstić information content (AvgIpc) is 2.35. The summed E-state index contributed by atoms with van der Waals surface area (Å²) in [5.41, 5.74) is 0. The van der Waals surface area contributed by atoms with Gasteiger partial charge in [0.05, 0.1) is 0 Å². The van der Waals surface area contributed by atoms with Crippen LogP contribution in [0.5, 0.6) is 0 Å². The average molecular weight is 243 g/mol. The highest BCUT2D eigenvalue weighted by molar-refractivity contribution is 4.56. The lowest BCUT2D eigenvalue weighted by atomic mass is 10.1. The van der Waals surface area contributed by atoms with Crippen molar-refractivity contribution >= 4 is 0 Å². The van der Waals surface area contributed by atoms with Crippen molar-refractivity contribution in [3.63, 3.8) is 0 Å². The minimum atomic E-state index is 0.647. The second-order valence-corrected chi connectivity index (χ2v) is 5.07. The van der Waals surface area contributed by atoms with Crippen LogP contribution in [-0.2, 0) is 4.74 Å². The number of unbranched alkanes of at least 4 members (excludes halogenated alkanes) is 6. The first kappa shape index (κ1) is 16.9. The number of hydrogen-bond acceptors (Lipinski definition) is 2. The van der Waals surface area contributed by atoms with E-state index in [2.05, 4.69) is 19.2 Å². The fraction of sp³-hybridized carbons (Fsp3) is 1.00. The number of ether oxygens (including phenoxy) is 1. The fourth-order valence-corrected chi connectivity index (χ4v) is 1.89. The van der Waals surface area contributed by atoms with Crippen LogP contribution < -0.4 is 5.32 Å². The molecule has 0 aliphatic carbocycles. The van der Waals surface area contributed by atoms with E-state index in [0.717, 1.165) is 13.2 Å². The molecule has 0 aromatic heterocycles. The van der Waals surface area contributed by atoms with Gasteiger partial charge in [0.15, 0.2) is 0 Å². The van der Waals surface area contributed by atoms with Crippen molar-refractivity contribution in [2.24, 2.45) is 0 Å². The van der Waals surface area contributed by atoms with Crippen molar-refractivity contribution in [1.82, 2.24) is 5.32 Å². The highest BCUT2D eigenvalue weighted by atomic mass is 16.5. The Morgan fingerprint density at radius 2 is 1.47 bits per heavy atom. The van der Waals surface area contributed by atoms with Gasteiger partial charge in [0, 0.05) is 19.3 Å². The third kappa shape index (κ3) is 13.9. The maximum atomic E-state index is 5.64. The van der Waals surface area contributed by atoms with Gasteiger partial charge in [-0.05, 0) is 39.7 Å². The summed E-state index contributed by atoms with van der Waals surface area (Å²) in [5.74, 6) is 0. The van der Waals surface area contributed by atoms with E-state index in [1.54, 1.807) is 0 Å². The van der Waals surface area contributed by atoms with E-state index in [-0.39, 0.29) is 0 Å². The first-order chi connectivity index (χ1) is 8.31. The van der Waals surface area contributed by atoms with E-state index in [1.807, 2.05) is 7.05 Å². The monoisotopic (exact) mass is 243 g/mol. The van der Waals surface area contributed by atoms with Crippen LogP contribution in [0.4, 0.5) is 0 Å². The highest BCUT2D eigenvalue weighted by Crippen LogP contribution is 2.05. The van der Waals surface area contributed by atoms with Gasteiger partial charge in [0.2, 0.25) is 0 Å².